The lowest BCUT2D eigenvalue weighted by molar-refractivity contribution is -0.383. The van der Waals surface area contributed by atoms with E-state index in [1.807, 2.05) is 12.1 Å². The number of hydrogen-bond acceptors (Lipinski definition) is 6. The molecule has 2 rings (SSSR count). The Kier molecular flexibility index (Phi) is 4.31. The first-order chi connectivity index (χ1) is 9.49. The maximum Gasteiger partial charge on any atom is 0.304 e. The predicted octanol–water partition coefficient (Wildman–Crippen LogP) is 2.74. The molecule has 0 saturated heterocycles. The van der Waals surface area contributed by atoms with Gasteiger partial charge >= 0.3 is 5.69 Å². The summed E-state index contributed by atoms with van der Waals surface area (Å²) in [6.07, 6.45) is 2.70. The number of hydrogen-bond donors (Lipinski definition) is 1. The molecule has 2 aromatic rings. The van der Waals surface area contributed by atoms with Gasteiger partial charge in [-0.15, -0.1) is 11.3 Å². The monoisotopic (exact) mass is 293 g/mol. The molecule has 0 saturated carbocycles. The Balaban J connectivity index is 2.28. The third kappa shape index (κ3) is 3.12. The standard InChI is InChI=1S/C13H15N3O3S/c1-9(17)12-6-11(16(18)19)13(20-12)15(2)8-10-4-3-5-14-7-10/h3-7,9,17H,8H2,1-2H3/t9-/m1/s1. The summed E-state index contributed by atoms with van der Waals surface area (Å²) in [6, 6.07) is 5.18. The van der Waals surface area contributed by atoms with Crippen molar-refractivity contribution in [3.05, 3.63) is 51.1 Å². The van der Waals surface area contributed by atoms with Gasteiger partial charge in [0.2, 0.25) is 0 Å². The molecule has 0 bridgehead atoms. The number of nitro groups is 1. The second kappa shape index (κ2) is 5.98. The summed E-state index contributed by atoms with van der Waals surface area (Å²) in [5.41, 5.74) is 0.994. The second-order valence-corrected chi connectivity index (χ2v) is 5.55. The minimum atomic E-state index is -0.709. The Hall–Kier alpha value is -1.99. The maximum atomic E-state index is 11.1. The van der Waals surface area contributed by atoms with Gasteiger partial charge in [-0.25, -0.2) is 0 Å². The lowest BCUT2D eigenvalue weighted by Crippen LogP contribution is -2.16. The molecule has 0 spiro atoms. The molecule has 0 aliphatic carbocycles. The average molecular weight is 293 g/mol. The number of rotatable bonds is 5. The molecule has 2 aromatic heterocycles. The molecule has 1 atom stereocenters. The van der Waals surface area contributed by atoms with E-state index in [4.69, 9.17) is 0 Å². The summed E-state index contributed by atoms with van der Waals surface area (Å²) >= 11 is 1.24. The summed E-state index contributed by atoms with van der Waals surface area (Å²) in [5.74, 6) is 0. The van der Waals surface area contributed by atoms with E-state index in [1.54, 1.807) is 31.3 Å². The van der Waals surface area contributed by atoms with Crippen molar-refractivity contribution in [2.75, 3.05) is 11.9 Å². The Morgan fingerprint density at radius 1 is 1.60 bits per heavy atom. The zero-order valence-corrected chi connectivity index (χ0v) is 12.0. The highest BCUT2D eigenvalue weighted by molar-refractivity contribution is 7.16. The van der Waals surface area contributed by atoms with E-state index in [1.165, 1.54) is 17.4 Å². The quantitative estimate of drug-likeness (QED) is 0.677. The van der Waals surface area contributed by atoms with E-state index in [-0.39, 0.29) is 5.69 Å². The van der Waals surface area contributed by atoms with E-state index in [0.29, 0.717) is 16.4 Å². The Bertz CT molecular complexity index is 598. The molecule has 0 fully saturated rings. The van der Waals surface area contributed by atoms with Gasteiger partial charge in [0, 0.05) is 36.9 Å². The summed E-state index contributed by atoms with van der Waals surface area (Å²) < 4.78 is 0. The molecule has 0 amide bonds. The SMILES string of the molecule is C[C@@H](O)c1cc([N+](=O)[O-])c(N(C)Cc2cccnc2)s1. The Morgan fingerprint density at radius 2 is 2.35 bits per heavy atom. The zero-order valence-electron chi connectivity index (χ0n) is 11.2. The van der Waals surface area contributed by atoms with Gasteiger partial charge in [-0.3, -0.25) is 15.1 Å². The molecular weight excluding hydrogens is 278 g/mol. The van der Waals surface area contributed by atoms with Crippen molar-refractivity contribution in [2.45, 2.75) is 19.6 Å². The minimum absolute atomic E-state index is 0.0253. The van der Waals surface area contributed by atoms with E-state index in [2.05, 4.69) is 4.98 Å². The van der Waals surface area contributed by atoms with Crippen molar-refractivity contribution >= 4 is 22.0 Å². The van der Waals surface area contributed by atoms with Crippen LogP contribution in [0.1, 0.15) is 23.5 Å². The molecule has 1 N–H and O–H groups in total. The number of pyridine rings is 1. The minimum Gasteiger partial charge on any atom is -0.388 e. The van der Waals surface area contributed by atoms with Crippen LogP contribution in [0.2, 0.25) is 0 Å². The van der Waals surface area contributed by atoms with Crippen molar-refractivity contribution in [2.24, 2.45) is 0 Å². The molecule has 2 heterocycles. The van der Waals surface area contributed by atoms with Crippen LogP contribution in [0, 0.1) is 10.1 Å². The average Bonchev–Trinajstić information content (AvgIpc) is 2.85. The lowest BCUT2D eigenvalue weighted by atomic mass is 10.2. The summed E-state index contributed by atoms with van der Waals surface area (Å²) in [7, 11) is 1.79. The molecule has 0 aliphatic rings. The van der Waals surface area contributed by atoms with Crippen LogP contribution in [-0.4, -0.2) is 22.1 Å². The number of aromatic nitrogens is 1. The summed E-state index contributed by atoms with van der Waals surface area (Å²) in [6.45, 7) is 2.12. The van der Waals surface area contributed by atoms with E-state index < -0.39 is 11.0 Å². The third-order valence-corrected chi connectivity index (χ3v) is 4.22. The van der Waals surface area contributed by atoms with Crippen molar-refractivity contribution < 1.29 is 10.0 Å². The van der Waals surface area contributed by atoms with Gasteiger partial charge < -0.3 is 10.0 Å². The Morgan fingerprint density at radius 3 is 2.90 bits per heavy atom. The highest BCUT2D eigenvalue weighted by Crippen LogP contribution is 2.39. The molecule has 0 radical (unpaired) electrons. The van der Waals surface area contributed by atoms with Gasteiger partial charge in [0.15, 0.2) is 5.00 Å². The van der Waals surface area contributed by atoms with E-state index in [9.17, 15) is 15.2 Å². The van der Waals surface area contributed by atoms with Crippen LogP contribution in [0.3, 0.4) is 0 Å². The van der Waals surface area contributed by atoms with Gasteiger partial charge in [-0.1, -0.05) is 6.07 Å². The first-order valence-corrected chi connectivity index (χ1v) is 6.87. The van der Waals surface area contributed by atoms with E-state index >= 15 is 0 Å². The molecule has 0 aromatic carbocycles. The highest BCUT2D eigenvalue weighted by atomic mass is 32.1. The number of aliphatic hydroxyl groups excluding tert-OH is 1. The van der Waals surface area contributed by atoms with Gasteiger partial charge in [0.25, 0.3) is 0 Å². The van der Waals surface area contributed by atoms with Crippen molar-refractivity contribution in [3.8, 4) is 0 Å². The first kappa shape index (κ1) is 14.4. The normalized spacial score (nSPS) is 12.2. The van der Waals surface area contributed by atoms with E-state index in [0.717, 1.165) is 5.56 Å². The van der Waals surface area contributed by atoms with Crippen LogP contribution in [-0.2, 0) is 6.54 Å². The van der Waals surface area contributed by atoms with Gasteiger partial charge in [-0.2, -0.15) is 0 Å². The molecular formula is C13H15N3O3S. The van der Waals surface area contributed by atoms with Crippen LogP contribution in [0.4, 0.5) is 10.7 Å². The predicted molar refractivity (Wildman–Crippen MR) is 78.0 cm³/mol. The maximum absolute atomic E-state index is 11.1. The number of anilines is 1. The Labute approximate surface area is 120 Å². The van der Waals surface area contributed by atoms with Crippen LogP contribution >= 0.6 is 11.3 Å². The van der Waals surface area contributed by atoms with Gasteiger partial charge in [0.05, 0.1) is 11.0 Å². The smallest absolute Gasteiger partial charge is 0.304 e. The topological polar surface area (TPSA) is 79.5 Å². The largest absolute Gasteiger partial charge is 0.388 e. The highest BCUT2D eigenvalue weighted by Gasteiger charge is 2.23. The van der Waals surface area contributed by atoms with Crippen LogP contribution in [0.15, 0.2) is 30.6 Å². The summed E-state index contributed by atoms with van der Waals surface area (Å²) in [5, 5.41) is 21.2. The molecule has 7 heteroatoms. The van der Waals surface area contributed by atoms with Gasteiger partial charge in [0.1, 0.15) is 0 Å². The third-order valence-electron chi connectivity index (χ3n) is 2.81. The van der Waals surface area contributed by atoms with Gasteiger partial charge in [-0.05, 0) is 18.6 Å². The molecule has 0 aliphatic heterocycles. The van der Waals surface area contributed by atoms with Crippen molar-refractivity contribution in [3.63, 3.8) is 0 Å². The number of nitrogens with zero attached hydrogens (tertiary/aromatic N) is 3. The number of aliphatic hydroxyl groups is 1. The first-order valence-electron chi connectivity index (χ1n) is 6.05. The van der Waals surface area contributed by atoms with Crippen LogP contribution < -0.4 is 4.90 Å². The molecule has 0 unspecified atom stereocenters. The van der Waals surface area contributed by atoms with Crippen LogP contribution in [0.5, 0.6) is 0 Å². The number of thiophene rings is 1. The molecule has 6 nitrogen and oxygen atoms in total. The fourth-order valence-electron chi connectivity index (χ4n) is 1.84. The zero-order chi connectivity index (χ0) is 14.7. The molecule has 20 heavy (non-hydrogen) atoms. The van der Waals surface area contributed by atoms with Crippen LogP contribution in [0.25, 0.3) is 0 Å². The fourth-order valence-corrected chi connectivity index (χ4v) is 2.86. The van der Waals surface area contributed by atoms with Crippen molar-refractivity contribution in [1.82, 2.24) is 4.98 Å². The fraction of sp³-hybridized carbons (Fsp3) is 0.308. The van der Waals surface area contributed by atoms with Crippen molar-refractivity contribution in [1.29, 1.82) is 0 Å². The lowest BCUT2D eigenvalue weighted by Gasteiger charge is -2.16. The molecule has 106 valence electrons. The summed E-state index contributed by atoms with van der Waals surface area (Å²) in [4.78, 5) is 17.1. The second-order valence-electron chi connectivity index (χ2n) is 4.49.